The average Bonchev–Trinajstić information content (AvgIpc) is 3.32. The number of aromatic nitrogens is 1. The van der Waals surface area contributed by atoms with Gasteiger partial charge in [0.05, 0.1) is 22.8 Å². The van der Waals surface area contributed by atoms with Crippen molar-refractivity contribution in [3.63, 3.8) is 0 Å². The van der Waals surface area contributed by atoms with Gasteiger partial charge in [0.15, 0.2) is 0 Å². The van der Waals surface area contributed by atoms with Crippen molar-refractivity contribution in [2.75, 3.05) is 6.54 Å². The monoisotopic (exact) mass is 468 g/mol. The third-order valence-electron chi connectivity index (χ3n) is 7.36. The summed E-state index contributed by atoms with van der Waals surface area (Å²) < 4.78 is 12.7. The average molecular weight is 468 g/mol. The van der Waals surface area contributed by atoms with Crippen LogP contribution in [0, 0.1) is 10.1 Å². The van der Waals surface area contributed by atoms with Gasteiger partial charge in [0.1, 0.15) is 0 Å². The minimum Gasteiger partial charge on any atom is -0.399 e. The van der Waals surface area contributed by atoms with Crippen molar-refractivity contribution in [1.82, 2.24) is 4.98 Å². The maximum absolute atomic E-state index is 11.8. The molecule has 0 bridgehead atoms. The van der Waals surface area contributed by atoms with Crippen LogP contribution < -0.4 is 5.46 Å². The molecule has 2 heterocycles. The van der Waals surface area contributed by atoms with Gasteiger partial charge in [-0.3, -0.25) is 10.1 Å². The lowest BCUT2D eigenvalue weighted by Gasteiger charge is -2.32. The molecule has 1 atom stereocenters. The van der Waals surface area contributed by atoms with Gasteiger partial charge in [0.2, 0.25) is 6.54 Å². The summed E-state index contributed by atoms with van der Waals surface area (Å²) in [6, 6.07) is 25.7. The van der Waals surface area contributed by atoms with Crippen LogP contribution >= 0.6 is 0 Å². The van der Waals surface area contributed by atoms with Gasteiger partial charge in [-0.15, -0.1) is 0 Å². The number of hydrogen-bond donors (Lipinski definition) is 1. The quantitative estimate of drug-likeness (QED) is 0.229. The fraction of sp³-hybridized carbons (Fsp3) is 0.286. The van der Waals surface area contributed by atoms with Gasteiger partial charge >= 0.3 is 7.12 Å². The second-order valence-corrected chi connectivity index (χ2v) is 10.1. The Hall–Kier alpha value is -3.42. The normalized spacial score (nSPS) is 17.5. The summed E-state index contributed by atoms with van der Waals surface area (Å²) >= 11 is 0. The molecular weight excluding hydrogens is 439 g/mol. The summed E-state index contributed by atoms with van der Waals surface area (Å²) in [5, 5.41) is 12.8. The number of nitrogens with one attached hydrogen (secondary N) is 1. The van der Waals surface area contributed by atoms with Crippen LogP contribution in [0.4, 0.5) is 0 Å². The smallest absolute Gasteiger partial charge is 0.399 e. The Bertz CT molecular complexity index is 1350. The predicted molar refractivity (Wildman–Crippen MR) is 140 cm³/mol. The molecule has 0 amide bonds. The zero-order valence-electron chi connectivity index (χ0n) is 20.4. The lowest BCUT2D eigenvalue weighted by atomic mass is 9.77. The molecule has 0 radical (unpaired) electrons. The van der Waals surface area contributed by atoms with Gasteiger partial charge in [-0.25, -0.2) is 0 Å². The fourth-order valence-electron chi connectivity index (χ4n) is 4.82. The van der Waals surface area contributed by atoms with Crippen LogP contribution in [-0.2, 0) is 9.31 Å². The number of fused-ring (bicyclic) bond motifs is 1. The summed E-state index contributed by atoms with van der Waals surface area (Å²) in [6.07, 6.45) is 0. The molecule has 0 saturated carbocycles. The van der Waals surface area contributed by atoms with E-state index in [0.29, 0.717) is 0 Å². The van der Waals surface area contributed by atoms with Crippen LogP contribution in [0.3, 0.4) is 0 Å². The molecule has 4 aromatic rings. The highest BCUT2D eigenvalue weighted by Crippen LogP contribution is 2.40. The summed E-state index contributed by atoms with van der Waals surface area (Å²) in [7, 11) is -0.551. The standard InChI is InChI=1S/C28H29BN2O4/c1-27(2)28(3,4)35-29(34-27)23-17-11-16-21-24(22(18-31(32)33)19-12-7-5-8-13-19)25(30-26(21)23)20-14-9-6-10-15-20/h5-17,22,30H,18H2,1-4H3. The zero-order chi connectivity index (χ0) is 24.8. The third kappa shape index (κ3) is 4.15. The lowest BCUT2D eigenvalue weighted by Crippen LogP contribution is -2.41. The molecule has 0 spiro atoms. The summed E-state index contributed by atoms with van der Waals surface area (Å²) in [6.45, 7) is 7.92. The first-order valence-corrected chi connectivity index (χ1v) is 11.9. The maximum atomic E-state index is 11.8. The Labute approximate surface area is 205 Å². The SMILES string of the molecule is CC1(C)OB(c2cccc3c(C(C[N+](=O)[O-])c4ccccc4)c(-c4ccccc4)[nH]c23)OC1(C)C. The molecule has 178 valence electrons. The zero-order valence-corrected chi connectivity index (χ0v) is 20.4. The van der Waals surface area contributed by atoms with Crippen LogP contribution in [0.2, 0.25) is 0 Å². The van der Waals surface area contributed by atoms with Gasteiger partial charge in [0, 0.05) is 21.3 Å². The first-order valence-electron chi connectivity index (χ1n) is 11.9. The molecule has 5 rings (SSSR count). The number of nitro groups is 1. The highest BCUT2D eigenvalue weighted by atomic mass is 16.7. The molecule has 1 aliphatic rings. The largest absolute Gasteiger partial charge is 0.497 e. The fourth-order valence-corrected chi connectivity index (χ4v) is 4.82. The van der Waals surface area contributed by atoms with E-state index in [1.165, 1.54) is 0 Å². The van der Waals surface area contributed by atoms with Gasteiger partial charge in [-0.1, -0.05) is 78.9 Å². The number of aromatic amines is 1. The topological polar surface area (TPSA) is 77.4 Å². The molecule has 0 aliphatic carbocycles. The highest BCUT2D eigenvalue weighted by molar-refractivity contribution is 6.65. The molecule has 35 heavy (non-hydrogen) atoms. The first kappa shape index (κ1) is 23.3. The number of benzene rings is 3. The van der Waals surface area contributed by atoms with Crippen LogP contribution in [0.5, 0.6) is 0 Å². The second kappa shape index (κ2) is 8.66. The second-order valence-electron chi connectivity index (χ2n) is 10.1. The van der Waals surface area contributed by atoms with Gasteiger partial charge in [0.25, 0.3) is 0 Å². The van der Waals surface area contributed by atoms with Crippen molar-refractivity contribution in [3.8, 4) is 11.3 Å². The minimum atomic E-state index is -0.551. The number of nitrogens with zero attached hydrogens (tertiary/aromatic N) is 1. The van der Waals surface area contributed by atoms with E-state index in [9.17, 15) is 10.1 Å². The van der Waals surface area contributed by atoms with Gasteiger partial charge in [-0.05, 0) is 44.4 Å². The lowest BCUT2D eigenvalue weighted by molar-refractivity contribution is -0.481. The summed E-state index contributed by atoms with van der Waals surface area (Å²) in [4.78, 5) is 15.2. The van der Waals surface area contributed by atoms with Crippen molar-refractivity contribution in [3.05, 3.63) is 100 Å². The van der Waals surface area contributed by atoms with Crippen LogP contribution in [0.15, 0.2) is 78.9 Å². The Kier molecular flexibility index (Phi) is 5.78. The molecule has 1 aromatic heterocycles. The number of rotatable bonds is 6. The van der Waals surface area contributed by atoms with E-state index in [1.807, 2.05) is 107 Å². The molecule has 1 fully saturated rings. The molecule has 7 heteroatoms. The maximum Gasteiger partial charge on any atom is 0.497 e. The van der Waals surface area contributed by atoms with E-state index in [1.54, 1.807) is 0 Å². The Balaban J connectivity index is 1.76. The Morgan fingerprint density at radius 2 is 1.49 bits per heavy atom. The van der Waals surface area contributed by atoms with E-state index >= 15 is 0 Å². The molecule has 1 unspecified atom stereocenters. The van der Waals surface area contributed by atoms with E-state index in [4.69, 9.17) is 9.31 Å². The third-order valence-corrected chi connectivity index (χ3v) is 7.36. The molecular formula is C28H29BN2O4. The minimum absolute atomic E-state index is 0.211. The highest BCUT2D eigenvalue weighted by Gasteiger charge is 2.52. The van der Waals surface area contributed by atoms with Gasteiger partial charge < -0.3 is 14.3 Å². The van der Waals surface area contributed by atoms with Crippen molar-refractivity contribution >= 4 is 23.5 Å². The van der Waals surface area contributed by atoms with E-state index in [-0.39, 0.29) is 11.5 Å². The first-order chi connectivity index (χ1) is 16.7. The summed E-state index contributed by atoms with van der Waals surface area (Å²) in [5.41, 5.74) is 4.48. The van der Waals surface area contributed by atoms with Crippen LogP contribution in [0.25, 0.3) is 22.2 Å². The molecule has 1 aliphatic heterocycles. The molecule has 1 saturated heterocycles. The predicted octanol–water partition coefficient (Wildman–Crippen LogP) is 5.54. The van der Waals surface area contributed by atoms with Crippen LogP contribution in [0.1, 0.15) is 44.7 Å². The number of H-pyrrole nitrogens is 1. The number of para-hydroxylation sites is 1. The van der Waals surface area contributed by atoms with E-state index in [2.05, 4.69) is 4.98 Å². The van der Waals surface area contributed by atoms with Crippen molar-refractivity contribution in [2.45, 2.75) is 44.8 Å². The van der Waals surface area contributed by atoms with Gasteiger partial charge in [-0.2, -0.15) is 0 Å². The van der Waals surface area contributed by atoms with Crippen molar-refractivity contribution < 1.29 is 14.2 Å². The van der Waals surface area contributed by atoms with E-state index < -0.39 is 24.2 Å². The van der Waals surface area contributed by atoms with Crippen LogP contribution in [-0.4, -0.2) is 34.8 Å². The molecule has 1 N–H and O–H groups in total. The molecule has 6 nitrogen and oxygen atoms in total. The molecule has 3 aromatic carbocycles. The number of hydrogen-bond acceptors (Lipinski definition) is 4. The summed E-state index contributed by atoms with van der Waals surface area (Å²) in [5.74, 6) is -0.427. The van der Waals surface area contributed by atoms with E-state index in [0.717, 1.165) is 38.8 Å². The van der Waals surface area contributed by atoms with Crippen molar-refractivity contribution in [1.29, 1.82) is 0 Å². The Morgan fingerprint density at radius 3 is 2.09 bits per heavy atom. The van der Waals surface area contributed by atoms with Crippen molar-refractivity contribution in [2.24, 2.45) is 0 Å². The Morgan fingerprint density at radius 1 is 0.886 bits per heavy atom.